The highest BCUT2D eigenvalue weighted by atomic mass is 79.9. The molecule has 0 spiro atoms. The first-order valence-electron chi connectivity index (χ1n) is 13.7. The van der Waals surface area contributed by atoms with Crippen LogP contribution < -0.4 is 24.4 Å². The normalized spacial score (nSPS) is 14.0. The van der Waals surface area contributed by atoms with Crippen molar-refractivity contribution >= 4 is 57.1 Å². The third kappa shape index (κ3) is 7.30. The molecule has 1 saturated heterocycles. The second-order valence-electron chi connectivity index (χ2n) is 9.90. The number of hydrogen-bond donors (Lipinski definition) is 1. The van der Waals surface area contributed by atoms with Gasteiger partial charge in [-0.15, -0.1) is 0 Å². The molecule has 5 rings (SSSR count). The zero-order chi connectivity index (χ0) is 31.2. The summed E-state index contributed by atoms with van der Waals surface area (Å²) in [6.07, 6.45) is 1.41. The second kappa shape index (κ2) is 13.8. The number of nitrogens with zero attached hydrogens (tertiary/aromatic N) is 1. The monoisotopic (exact) mass is 674 g/mol. The molecule has 0 bridgehead atoms. The zero-order valence-electron chi connectivity index (χ0n) is 23.9. The Morgan fingerprint density at radius 3 is 2.14 bits per heavy atom. The van der Waals surface area contributed by atoms with Crippen LogP contribution in [-0.4, -0.2) is 24.5 Å². The maximum absolute atomic E-state index is 13.5. The van der Waals surface area contributed by atoms with Crippen molar-refractivity contribution in [2.24, 2.45) is 0 Å². The number of carbonyl (C=O) groups is 3. The van der Waals surface area contributed by atoms with Crippen molar-refractivity contribution in [3.63, 3.8) is 0 Å². The van der Waals surface area contributed by atoms with E-state index in [2.05, 4.69) is 21.2 Å². The Balaban J connectivity index is 1.35. The van der Waals surface area contributed by atoms with E-state index >= 15 is 0 Å². The Morgan fingerprint density at radius 2 is 1.48 bits per heavy atom. The second-order valence-corrected chi connectivity index (χ2v) is 11.2. The van der Waals surface area contributed by atoms with Gasteiger partial charge in [0.2, 0.25) is 0 Å². The van der Waals surface area contributed by atoms with Gasteiger partial charge in [-0.3, -0.25) is 14.9 Å². The van der Waals surface area contributed by atoms with Gasteiger partial charge in [0, 0.05) is 5.02 Å². The smallest absolute Gasteiger partial charge is 0.335 e. The number of imide groups is 2. The topological polar surface area (TPSA) is 94.2 Å². The summed E-state index contributed by atoms with van der Waals surface area (Å²) >= 11 is 9.50. The first-order valence-corrected chi connectivity index (χ1v) is 14.9. The average Bonchev–Trinajstić information content (AvgIpc) is 3.00. The first-order chi connectivity index (χ1) is 21.2. The molecule has 0 aliphatic carbocycles. The lowest BCUT2D eigenvalue weighted by Gasteiger charge is -2.26. The summed E-state index contributed by atoms with van der Waals surface area (Å²) in [7, 11) is 0. The van der Waals surface area contributed by atoms with Gasteiger partial charge in [0.1, 0.15) is 24.5 Å². The van der Waals surface area contributed by atoms with E-state index < -0.39 is 17.8 Å². The number of benzene rings is 4. The zero-order valence-corrected chi connectivity index (χ0v) is 26.3. The van der Waals surface area contributed by atoms with Crippen LogP contribution in [0.5, 0.6) is 17.2 Å². The molecule has 4 amide bonds. The Morgan fingerprint density at radius 1 is 0.841 bits per heavy atom. The summed E-state index contributed by atoms with van der Waals surface area (Å²) in [5.74, 6) is -0.112. The predicted octanol–water partition coefficient (Wildman–Crippen LogP) is 7.63. The number of urea groups is 1. The van der Waals surface area contributed by atoms with Gasteiger partial charge in [0.05, 0.1) is 16.8 Å². The van der Waals surface area contributed by atoms with Gasteiger partial charge >= 0.3 is 6.03 Å². The number of ether oxygens (including phenoxy) is 3. The van der Waals surface area contributed by atoms with Crippen molar-refractivity contribution in [2.75, 3.05) is 11.5 Å². The van der Waals surface area contributed by atoms with E-state index in [-0.39, 0.29) is 17.9 Å². The minimum absolute atomic E-state index is 0.214. The largest absolute Gasteiger partial charge is 0.490 e. The Hall–Kier alpha value is -4.60. The highest BCUT2D eigenvalue weighted by molar-refractivity contribution is 9.10. The van der Waals surface area contributed by atoms with Gasteiger partial charge < -0.3 is 14.2 Å². The first kappa shape index (κ1) is 30.8. The number of nitrogens with one attached hydrogen (secondary N) is 1. The van der Waals surface area contributed by atoms with E-state index in [1.807, 2.05) is 50.2 Å². The molecule has 1 aliphatic rings. The van der Waals surface area contributed by atoms with Crippen LogP contribution >= 0.6 is 27.5 Å². The molecule has 0 saturated carbocycles. The summed E-state index contributed by atoms with van der Waals surface area (Å²) in [6.45, 7) is 4.85. The number of halogens is 2. The minimum atomic E-state index is -0.840. The molecule has 0 radical (unpaired) electrons. The summed E-state index contributed by atoms with van der Waals surface area (Å²) in [5, 5.41) is 2.88. The number of barbiturate groups is 1. The third-order valence-electron chi connectivity index (χ3n) is 6.66. The van der Waals surface area contributed by atoms with Crippen LogP contribution in [0.4, 0.5) is 10.5 Å². The van der Waals surface area contributed by atoms with Crippen molar-refractivity contribution in [3.05, 3.63) is 122 Å². The van der Waals surface area contributed by atoms with Gasteiger partial charge in [-0.2, -0.15) is 0 Å². The van der Waals surface area contributed by atoms with Crippen LogP contribution in [0.25, 0.3) is 6.08 Å². The number of rotatable bonds is 10. The lowest BCUT2D eigenvalue weighted by molar-refractivity contribution is -0.122. The molecule has 1 heterocycles. The lowest BCUT2D eigenvalue weighted by atomic mass is 10.1. The van der Waals surface area contributed by atoms with Crippen LogP contribution in [0.3, 0.4) is 0 Å². The summed E-state index contributed by atoms with van der Waals surface area (Å²) in [6, 6.07) is 24.3. The molecule has 1 aliphatic heterocycles. The number of aryl methyl sites for hydroxylation is 1. The fourth-order valence-corrected chi connectivity index (χ4v) is 5.11. The molecule has 4 aromatic rings. The molecule has 44 heavy (non-hydrogen) atoms. The molecule has 10 heteroatoms. The lowest BCUT2D eigenvalue weighted by Crippen LogP contribution is -2.54. The third-order valence-corrected chi connectivity index (χ3v) is 7.50. The predicted molar refractivity (Wildman–Crippen MR) is 172 cm³/mol. The Bertz CT molecular complexity index is 1720. The highest BCUT2D eigenvalue weighted by Gasteiger charge is 2.37. The summed E-state index contributed by atoms with van der Waals surface area (Å²) < 4.78 is 18.2. The molecule has 8 nitrogen and oxygen atoms in total. The SMILES string of the molecule is CCOc1cc(/C=C2\C(=O)NC(=O)N(c3ccc(OCc4ccc(C)cc4)cc3)C2=O)cc(Br)c1OCc1ccc(Cl)cc1. The number of anilines is 1. The van der Waals surface area contributed by atoms with Crippen LogP contribution in [-0.2, 0) is 22.8 Å². The van der Waals surface area contributed by atoms with E-state index in [1.54, 1.807) is 48.5 Å². The average molecular weight is 676 g/mol. The van der Waals surface area contributed by atoms with Gasteiger partial charge in [0.25, 0.3) is 11.8 Å². The fraction of sp³-hybridized carbons (Fsp3) is 0.147. The van der Waals surface area contributed by atoms with E-state index in [1.165, 1.54) is 6.08 Å². The highest BCUT2D eigenvalue weighted by Crippen LogP contribution is 2.38. The van der Waals surface area contributed by atoms with Crippen LogP contribution in [0.1, 0.15) is 29.2 Å². The van der Waals surface area contributed by atoms with Gasteiger partial charge in [-0.25, -0.2) is 9.69 Å². The van der Waals surface area contributed by atoms with E-state index in [0.29, 0.717) is 45.5 Å². The number of amides is 4. The van der Waals surface area contributed by atoms with Crippen LogP contribution in [0.2, 0.25) is 5.02 Å². The standard InChI is InChI=1S/C34H28BrClN2O6/c1-3-42-30-18-24(17-29(35)31(30)44-20-23-8-10-25(36)11-9-23)16-28-32(39)37-34(41)38(33(28)40)26-12-14-27(15-13-26)43-19-22-6-4-21(2)5-7-22/h4-18H,3,19-20H2,1-2H3,(H,37,39,41)/b28-16+. The molecule has 4 aromatic carbocycles. The van der Waals surface area contributed by atoms with Crippen molar-refractivity contribution in [1.29, 1.82) is 0 Å². The quantitative estimate of drug-likeness (QED) is 0.137. The maximum atomic E-state index is 13.5. The van der Waals surface area contributed by atoms with Gasteiger partial charge in [0.15, 0.2) is 11.5 Å². The van der Waals surface area contributed by atoms with Gasteiger partial charge in [-0.05, 0) is 101 Å². The molecular weight excluding hydrogens is 648 g/mol. The van der Waals surface area contributed by atoms with E-state index in [4.69, 9.17) is 25.8 Å². The molecule has 0 aromatic heterocycles. The van der Waals surface area contributed by atoms with Gasteiger partial charge in [-0.1, -0.05) is 53.6 Å². The number of carbonyl (C=O) groups excluding carboxylic acids is 3. The molecule has 224 valence electrons. The summed E-state index contributed by atoms with van der Waals surface area (Å²) in [4.78, 5) is 39.9. The van der Waals surface area contributed by atoms with E-state index in [0.717, 1.165) is 21.6 Å². The molecule has 0 atom stereocenters. The number of hydrogen-bond acceptors (Lipinski definition) is 6. The molecular formula is C34H28BrClN2O6. The van der Waals surface area contributed by atoms with E-state index in [9.17, 15) is 14.4 Å². The van der Waals surface area contributed by atoms with Crippen molar-refractivity contribution in [1.82, 2.24) is 5.32 Å². The van der Waals surface area contributed by atoms with Crippen molar-refractivity contribution in [2.45, 2.75) is 27.1 Å². The summed E-state index contributed by atoms with van der Waals surface area (Å²) in [5.41, 5.74) is 3.65. The fourth-order valence-electron chi connectivity index (χ4n) is 4.41. The minimum Gasteiger partial charge on any atom is -0.490 e. The van der Waals surface area contributed by atoms with Crippen LogP contribution in [0.15, 0.2) is 95.0 Å². The van der Waals surface area contributed by atoms with Crippen molar-refractivity contribution < 1.29 is 28.6 Å². The van der Waals surface area contributed by atoms with Crippen molar-refractivity contribution in [3.8, 4) is 17.2 Å². The Kier molecular flexibility index (Phi) is 9.67. The molecule has 0 unspecified atom stereocenters. The molecule has 1 fully saturated rings. The molecule has 1 N–H and O–H groups in total. The Labute approximate surface area is 268 Å². The van der Waals surface area contributed by atoms with Crippen LogP contribution in [0, 0.1) is 6.92 Å². The maximum Gasteiger partial charge on any atom is 0.335 e.